The summed E-state index contributed by atoms with van der Waals surface area (Å²) in [5, 5.41) is 0. The lowest BCUT2D eigenvalue weighted by Gasteiger charge is -2.20. The molecule has 0 spiro atoms. The fraction of sp³-hybridized carbons (Fsp3) is 0.600. The van der Waals surface area contributed by atoms with Crippen LogP contribution in [0.15, 0.2) is 18.2 Å². The summed E-state index contributed by atoms with van der Waals surface area (Å²) < 4.78 is 16.7. The molecule has 0 aliphatic carbocycles. The van der Waals surface area contributed by atoms with Gasteiger partial charge in [-0.25, -0.2) is 0 Å². The van der Waals surface area contributed by atoms with Crippen LogP contribution in [-0.2, 0) is 4.74 Å². The minimum atomic E-state index is 0.0252. The quantitative estimate of drug-likeness (QED) is 0.904. The van der Waals surface area contributed by atoms with Crippen LogP contribution in [0.5, 0.6) is 11.5 Å². The van der Waals surface area contributed by atoms with Crippen molar-refractivity contribution < 1.29 is 14.2 Å². The van der Waals surface area contributed by atoms with E-state index >= 15 is 0 Å². The van der Waals surface area contributed by atoms with E-state index in [4.69, 9.17) is 19.9 Å². The van der Waals surface area contributed by atoms with Crippen molar-refractivity contribution in [2.45, 2.75) is 25.0 Å². The van der Waals surface area contributed by atoms with E-state index in [2.05, 4.69) is 0 Å². The van der Waals surface area contributed by atoms with E-state index in [9.17, 15) is 0 Å². The molecule has 110 valence electrons. The second kappa shape index (κ2) is 6.70. The Bertz CT molecular complexity index is 449. The summed E-state index contributed by atoms with van der Waals surface area (Å²) in [5.74, 6) is 3.57. The Morgan fingerprint density at radius 1 is 1.20 bits per heavy atom. The lowest BCUT2D eigenvalue weighted by molar-refractivity contribution is 0.129. The number of ether oxygens (including phenoxy) is 3. The number of fused-ring (bicyclic) bond motifs is 1. The molecule has 1 fully saturated rings. The van der Waals surface area contributed by atoms with Gasteiger partial charge in [0.1, 0.15) is 13.2 Å². The number of hydrogen-bond donors (Lipinski definition) is 1. The summed E-state index contributed by atoms with van der Waals surface area (Å²) in [5.41, 5.74) is 7.36. The standard InChI is InChI=1S/C15H21NO3S/c16-13(10-20-9-12-2-1-5-17-12)11-3-4-14-15(8-11)19-7-6-18-14/h3-4,8,12-13H,1-2,5-7,9-10,16H2. The van der Waals surface area contributed by atoms with Gasteiger partial charge in [0, 0.05) is 24.2 Å². The first kappa shape index (κ1) is 14.0. The maximum Gasteiger partial charge on any atom is 0.161 e. The summed E-state index contributed by atoms with van der Waals surface area (Å²) in [6, 6.07) is 6.02. The molecule has 2 aliphatic rings. The number of benzene rings is 1. The Morgan fingerprint density at radius 3 is 2.85 bits per heavy atom. The van der Waals surface area contributed by atoms with Gasteiger partial charge < -0.3 is 19.9 Å². The van der Waals surface area contributed by atoms with Gasteiger partial charge in [0.25, 0.3) is 0 Å². The molecule has 0 aromatic heterocycles. The molecule has 0 amide bonds. The van der Waals surface area contributed by atoms with Crippen LogP contribution in [0.3, 0.4) is 0 Å². The molecule has 2 heterocycles. The lowest BCUT2D eigenvalue weighted by atomic mass is 10.1. The van der Waals surface area contributed by atoms with Gasteiger partial charge in [-0.05, 0) is 30.5 Å². The molecule has 1 saturated heterocycles. The highest BCUT2D eigenvalue weighted by molar-refractivity contribution is 7.99. The zero-order valence-corrected chi connectivity index (χ0v) is 12.4. The molecule has 5 heteroatoms. The average molecular weight is 295 g/mol. The maximum absolute atomic E-state index is 6.25. The van der Waals surface area contributed by atoms with E-state index in [1.165, 1.54) is 12.8 Å². The second-order valence-corrected chi connectivity index (χ2v) is 6.26. The minimum Gasteiger partial charge on any atom is -0.486 e. The zero-order chi connectivity index (χ0) is 13.8. The number of hydrogen-bond acceptors (Lipinski definition) is 5. The Labute approximate surface area is 124 Å². The Hall–Kier alpha value is -0.910. The van der Waals surface area contributed by atoms with Crippen LogP contribution in [0.4, 0.5) is 0 Å². The third-order valence-electron chi connectivity index (χ3n) is 3.62. The van der Waals surface area contributed by atoms with Crippen LogP contribution in [-0.4, -0.2) is 37.4 Å². The lowest BCUT2D eigenvalue weighted by Crippen LogP contribution is -2.18. The first-order valence-corrected chi connectivity index (χ1v) is 8.33. The molecule has 2 aliphatic heterocycles. The van der Waals surface area contributed by atoms with Crippen molar-refractivity contribution in [2.24, 2.45) is 5.73 Å². The summed E-state index contributed by atoms with van der Waals surface area (Å²) >= 11 is 1.87. The van der Waals surface area contributed by atoms with Crippen molar-refractivity contribution in [1.82, 2.24) is 0 Å². The van der Waals surface area contributed by atoms with Crippen LogP contribution < -0.4 is 15.2 Å². The highest BCUT2D eigenvalue weighted by Gasteiger charge is 2.17. The maximum atomic E-state index is 6.25. The van der Waals surface area contributed by atoms with Gasteiger partial charge in [0.15, 0.2) is 11.5 Å². The molecule has 1 aromatic rings. The topological polar surface area (TPSA) is 53.7 Å². The molecule has 0 bridgehead atoms. The van der Waals surface area contributed by atoms with E-state index in [1.807, 2.05) is 30.0 Å². The fourth-order valence-corrected chi connectivity index (χ4v) is 3.60. The van der Waals surface area contributed by atoms with Crippen molar-refractivity contribution >= 4 is 11.8 Å². The van der Waals surface area contributed by atoms with E-state index < -0.39 is 0 Å². The number of nitrogens with two attached hydrogens (primary N) is 1. The van der Waals surface area contributed by atoms with Crippen LogP contribution >= 0.6 is 11.8 Å². The predicted octanol–water partition coefficient (Wildman–Crippen LogP) is 2.37. The Balaban J connectivity index is 1.52. The van der Waals surface area contributed by atoms with Crippen molar-refractivity contribution in [3.8, 4) is 11.5 Å². The van der Waals surface area contributed by atoms with Crippen molar-refractivity contribution in [1.29, 1.82) is 0 Å². The fourth-order valence-electron chi connectivity index (χ4n) is 2.49. The first-order valence-electron chi connectivity index (χ1n) is 7.17. The Kier molecular flexibility index (Phi) is 4.70. The summed E-state index contributed by atoms with van der Waals surface area (Å²) in [4.78, 5) is 0. The normalized spacial score (nSPS) is 22.8. The highest BCUT2D eigenvalue weighted by atomic mass is 32.2. The molecule has 0 saturated carbocycles. The molecule has 2 N–H and O–H groups in total. The van der Waals surface area contributed by atoms with Gasteiger partial charge in [-0.2, -0.15) is 11.8 Å². The number of rotatable bonds is 5. The smallest absolute Gasteiger partial charge is 0.161 e. The van der Waals surface area contributed by atoms with Crippen LogP contribution in [0.25, 0.3) is 0 Å². The second-order valence-electron chi connectivity index (χ2n) is 5.18. The van der Waals surface area contributed by atoms with E-state index in [0.29, 0.717) is 19.3 Å². The Morgan fingerprint density at radius 2 is 2.05 bits per heavy atom. The third-order valence-corrected chi connectivity index (χ3v) is 4.82. The molecular formula is C15H21NO3S. The van der Waals surface area contributed by atoms with Crippen molar-refractivity contribution in [2.75, 3.05) is 31.3 Å². The molecule has 0 radical (unpaired) electrons. The van der Waals surface area contributed by atoms with Crippen LogP contribution in [0.2, 0.25) is 0 Å². The molecule has 2 atom stereocenters. The van der Waals surface area contributed by atoms with E-state index in [0.717, 1.165) is 35.2 Å². The third kappa shape index (κ3) is 3.40. The summed E-state index contributed by atoms with van der Waals surface area (Å²) in [6.45, 7) is 2.15. The van der Waals surface area contributed by atoms with Crippen LogP contribution in [0.1, 0.15) is 24.4 Å². The van der Waals surface area contributed by atoms with Gasteiger partial charge in [-0.3, -0.25) is 0 Å². The average Bonchev–Trinajstić information content (AvgIpc) is 3.00. The van der Waals surface area contributed by atoms with Crippen molar-refractivity contribution in [3.63, 3.8) is 0 Å². The highest BCUT2D eigenvalue weighted by Crippen LogP contribution is 2.33. The van der Waals surface area contributed by atoms with Gasteiger partial charge in [-0.15, -0.1) is 0 Å². The molecule has 1 aromatic carbocycles. The largest absolute Gasteiger partial charge is 0.486 e. The van der Waals surface area contributed by atoms with Crippen LogP contribution in [0, 0.1) is 0 Å². The van der Waals surface area contributed by atoms with E-state index in [1.54, 1.807) is 0 Å². The summed E-state index contributed by atoms with van der Waals surface area (Å²) in [7, 11) is 0. The van der Waals surface area contributed by atoms with Crippen molar-refractivity contribution in [3.05, 3.63) is 23.8 Å². The molecule has 3 rings (SSSR count). The monoisotopic (exact) mass is 295 g/mol. The van der Waals surface area contributed by atoms with Gasteiger partial charge in [-0.1, -0.05) is 6.07 Å². The molecule has 4 nitrogen and oxygen atoms in total. The minimum absolute atomic E-state index is 0.0252. The van der Waals surface area contributed by atoms with E-state index in [-0.39, 0.29) is 6.04 Å². The molecular weight excluding hydrogens is 274 g/mol. The SMILES string of the molecule is NC(CSCC1CCCO1)c1ccc2c(c1)OCCO2. The predicted molar refractivity (Wildman–Crippen MR) is 80.7 cm³/mol. The molecule has 2 unspecified atom stereocenters. The number of thioether (sulfide) groups is 1. The first-order chi connectivity index (χ1) is 9.83. The summed E-state index contributed by atoms with van der Waals surface area (Å²) in [6.07, 6.45) is 2.80. The zero-order valence-electron chi connectivity index (χ0n) is 11.5. The van der Waals surface area contributed by atoms with Gasteiger partial charge in [0.2, 0.25) is 0 Å². The van der Waals surface area contributed by atoms with Gasteiger partial charge >= 0.3 is 0 Å². The molecule has 20 heavy (non-hydrogen) atoms. The van der Waals surface area contributed by atoms with Gasteiger partial charge in [0.05, 0.1) is 6.10 Å².